The van der Waals surface area contributed by atoms with E-state index in [1.54, 1.807) is 47.4 Å². The maximum atomic E-state index is 12.4. The Bertz CT molecular complexity index is 810. The quantitative estimate of drug-likeness (QED) is 0.839. The molecule has 1 unspecified atom stereocenters. The van der Waals surface area contributed by atoms with Crippen LogP contribution in [-0.4, -0.2) is 18.4 Å². The number of amides is 2. The number of halogens is 3. The van der Waals surface area contributed by atoms with Crippen LogP contribution < -0.4 is 10.2 Å². The molecule has 24 heavy (non-hydrogen) atoms. The molecule has 1 fully saturated rings. The molecule has 7 heteroatoms. The summed E-state index contributed by atoms with van der Waals surface area (Å²) in [6, 6.07) is 11.8. The zero-order valence-corrected chi connectivity index (χ0v) is 14.7. The minimum absolute atomic E-state index is 0.111. The molecule has 124 valence electrons. The van der Waals surface area contributed by atoms with Crippen LogP contribution in [-0.2, 0) is 9.59 Å². The normalized spacial score (nSPS) is 17.2. The molecule has 2 aromatic rings. The number of hydrogen-bond acceptors (Lipinski definition) is 2. The molecule has 0 aliphatic carbocycles. The van der Waals surface area contributed by atoms with Crippen LogP contribution in [0.25, 0.3) is 0 Å². The van der Waals surface area contributed by atoms with E-state index < -0.39 is 5.92 Å². The van der Waals surface area contributed by atoms with Gasteiger partial charge < -0.3 is 10.2 Å². The van der Waals surface area contributed by atoms with Crippen LogP contribution in [0.3, 0.4) is 0 Å². The number of hydrogen-bond donors (Lipinski definition) is 1. The number of rotatable bonds is 3. The van der Waals surface area contributed by atoms with Crippen molar-refractivity contribution in [3.8, 4) is 0 Å². The second kappa shape index (κ2) is 7.01. The third kappa shape index (κ3) is 3.66. The van der Waals surface area contributed by atoms with E-state index in [9.17, 15) is 9.59 Å². The van der Waals surface area contributed by atoms with Crippen molar-refractivity contribution in [2.24, 2.45) is 5.92 Å². The smallest absolute Gasteiger partial charge is 0.229 e. The Morgan fingerprint density at radius 3 is 2.54 bits per heavy atom. The van der Waals surface area contributed by atoms with Gasteiger partial charge in [-0.15, -0.1) is 0 Å². The van der Waals surface area contributed by atoms with Gasteiger partial charge in [-0.05, 0) is 36.4 Å². The summed E-state index contributed by atoms with van der Waals surface area (Å²) in [6.07, 6.45) is 0.142. The van der Waals surface area contributed by atoms with Crippen LogP contribution >= 0.6 is 34.8 Å². The van der Waals surface area contributed by atoms with Gasteiger partial charge in [-0.2, -0.15) is 0 Å². The minimum atomic E-state index is -0.455. The van der Waals surface area contributed by atoms with Crippen LogP contribution in [0.5, 0.6) is 0 Å². The van der Waals surface area contributed by atoms with E-state index in [1.165, 1.54) is 0 Å². The molecule has 0 spiro atoms. The van der Waals surface area contributed by atoms with Crippen LogP contribution in [0, 0.1) is 5.92 Å². The van der Waals surface area contributed by atoms with Gasteiger partial charge in [-0.3, -0.25) is 9.59 Å². The van der Waals surface area contributed by atoms with Gasteiger partial charge in [0, 0.05) is 28.7 Å². The highest BCUT2D eigenvalue weighted by atomic mass is 35.5. The summed E-state index contributed by atoms with van der Waals surface area (Å²) >= 11 is 17.9. The van der Waals surface area contributed by atoms with E-state index in [2.05, 4.69) is 5.32 Å². The lowest BCUT2D eigenvalue weighted by atomic mass is 10.1. The summed E-state index contributed by atoms with van der Waals surface area (Å²) in [5.41, 5.74) is 1.16. The summed E-state index contributed by atoms with van der Waals surface area (Å²) in [5.74, 6) is -0.819. The van der Waals surface area contributed by atoms with Crippen molar-refractivity contribution in [3.63, 3.8) is 0 Å². The van der Waals surface area contributed by atoms with Gasteiger partial charge in [0.25, 0.3) is 0 Å². The summed E-state index contributed by atoms with van der Waals surface area (Å²) < 4.78 is 0. The van der Waals surface area contributed by atoms with Gasteiger partial charge in [0.2, 0.25) is 11.8 Å². The molecule has 0 saturated carbocycles. The van der Waals surface area contributed by atoms with Gasteiger partial charge in [0.15, 0.2) is 0 Å². The third-order valence-electron chi connectivity index (χ3n) is 3.80. The first-order chi connectivity index (χ1) is 11.4. The molecule has 1 saturated heterocycles. The van der Waals surface area contributed by atoms with Crippen molar-refractivity contribution in [1.82, 2.24) is 0 Å². The van der Waals surface area contributed by atoms with Crippen molar-refractivity contribution in [1.29, 1.82) is 0 Å². The van der Waals surface area contributed by atoms with Crippen LogP contribution in [0.15, 0.2) is 42.5 Å². The van der Waals surface area contributed by atoms with Gasteiger partial charge in [-0.1, -0.05) is 40.9 Å². The second-order valence-electron chi connectivity index (χ2n) is 5.50. The Labute approximate surface area is 154 Å². The number of carbonyl (C=O) groups is 2. The lowest BCUT2D eigenvalue weighted by Gasteiger charge is -2.17. The molecule has 4 nitrogen and oxygen atoms in total. The SMILES string of the molecule is O=C(Nc1ccc(Cl)cc1Cl)C1CC(=O)N(c2cccc(Cl)c2)C1. The van der Waals surface area contributed by atoms with E-state index in [0.717, 1.165) is 0 Å². The standard InChI is InChI=1S/C17H13Cl3N2O2/c18-11-2-1-3-13(7-11)22-9-10(6-16(22)23)17(24)21-15-5-4-12(19)8-14(15)20/h1-5,7-8,10H,6,9H2,(H,21,24). The number of benzene rings is 2. The highest BCUT2D eigenvalue weighted by Crippen LogP contribution is 2.29. The molecule has 2 amide bonds. The molecule has 2 aromatic carbocycles. The fourth-order valence-electron chi connectivity index (χ4n) is 2.60. The number of anilines is 2. The predicted molar refractivity (Wildman–Crippen MR) is 97.0 cm³/mol. The number of carbonyl (C=O) groups excluding carboxylic acids is 2. The first-order valence-corrected chi connectivity index (χ1v) is 8.39. The highest BCUT2D eigenvalue weighted by Gasteiger charge is 2.35. The Hall–Kier alpha value is -1.75. The molecule has 3 rings (SSSR count). The lowest BCUT2D eigenvalue weighted by molar-refractivity contribution is -0.122. The number of nitrogens with zero attached hydrogens (tertiary/aromatic N) is 1. The Balaban J connectivity index is 1.72. The maximum absolute atomic E-state index is 12.4. The highest BCUT2D eigenvalue weighted by molar-refractivity contribution is 6.36. The fraction of sp³-hybridized carbons (Fsp3) is 0.176. The summed E-state index contributed by atoms with van der Waals surface area (Å²) in [7, 11) is 0. The largest absolute Gasteiger partial charge is 0.324 e. The molecular formula is C17H13Cl3N2O2. The van der Waals surface area contributed by atoms with Crippen LogP contribution in [0.4, 0.5) is 11.4 Å². The number of nitrogens with one attached hydrogen (secondary N) is 1. The Morgan fingerprint density at radius 1 is 1.08 bits per heavy atom. The summed E-state index contributed by atoms with van der Waals surface area (Å²) in [6.45, 7) is 0.302. The van der Waals surface area contributed by atoms with E-state index in [0.29, 0.717) is 33.0 Å². The van der Waals surface area contributed by atoms with E-state index in [1.807, 2.05) is 0 Å². The first kappa shape index (κ1) is 17.1. The van der Waals surface area contributed by atoms with Crippen molar-refractivity contribution in [2.45, 2.75) is 6.42 Å². The summed E-state index contributed by atoms with van der Waals surface area (Å²) in [4.78, 5) is 26.2. The van der Waals surface area contributed by atoms with Crippen molar-refractivity contribution in [3.05, 3.63) is 57.5 Å². The van der Waals surface area contributed by atoms with Crippen LogP contribution in [0.1, 0.15) is 6.42 Å². The monoisotopic (exact) mass is 382 g/mol. The molecule has 1 atom stereocenters. The molecule has 0 radical (unpaired) electrons. The van der Waals surface area contributed by atoms with Crippen molar-refractivity contribution < 1.29 is 9.59 Å². The second-order valence-corrected chi connectivity index (χ2v) is 6.78. The van der Waals surface area contributed by atoms with E-state index >= 15 is 0 Å². The Morgan fingerprint density at radius 2 is 1.83 bits per heavy atom. The molecule has 1 N–H and O–H groups in total. The van der Waals surface area contributed by atoms with Gasteiger partial charge in [0.05, 0.1) is 16.6 Å². The third-order valence-corrected chi connectivity index (χ3v) is 4.59. The lowest BCUT2D eigenvalue weighted by Crippen LogP contribution is -2.28. The van der Waals surface area contributed by atoms with Crippen molar-refractivity contribution >= 4 is 58.0 Å². The van der Waals surface area contributed by atoms with Gasteiger partial charge >= 0.3 is 0 Å². The minimum Gasteiger partial charge on any atom is -0.324 e. The zero-order chi connectivity index (χ0) is 17.3. The Kier molecular flexibility index (Phi) is 4.99. The average Bonchev–Trinajstić information content (AvgIpc) is 2.92. The first-order valence-electron chi connectivity index (χ1n) is 7.26. The molecule has 0 aromatic heterocycles. The molecule has 0 bridgehead atoms. The maximum Gasteiger partial charge on any atom is 0.229 e. The molecular weight excluding hydrogens is 371 g/mol. The molecule has 1 aliphatic rings. The topological polar surface area (TPSA) is 49.4 Å². The predicted octanol–water partition coefficient (Wildman–Crippen LogP) is 4.64. The van der Waals surface area contributed by atoms with Gasteiger partial charge in [-0.25, -0.2) is 0 Å². The van der Waals surface area contributed by atoms with E-state index in [4.69, 9.17) is 34.8 Å². The molecule has 1 aliphatic heterocycles. The zero-order valence-electron chi connectivity index (χ0n) is 12.4. The van der Waals surface area contributed by atoms with Gasteiger partial charge in [0.1, 0.15) is 0 Å². The van der Waals surface area contributed by atoms with Crippen LogP contribution in [0.2, 0.25) is 15.1 Å². The molecule has 1 heterocycles. The fourth-order valence-corrected chi connectivity index (χ4v) is 3.24. The van der Waals surface area contributed by atoms with E-state index in [-0.39, 0.29) is 18.2 Å². The summed E-state index contributed by atoms with van der Waals surface area (Å²) in [5, 5.41) is 4.13. The average molecular weight is 384 g/mol. The van der Waals surface area contributed by atoms with Crippen molar-refractivity contribution in [2.75, 3.05) is 16.8 Å².